The third-order valence-corrected chi connectivity index (χ3v) is 5.87. The molecule has 6 heteroatoms. The van der Waals surface area contributed by atoms with E-state index in [9.17, 15) is 9.59 Å². The summed E-state index contributed by atoms with van der Waals surface area (Å²) in [6.07, 6.45) is 5.76. The van der Waals surface area contributed by atoms with E-state index in [0.29, 0.717) is 13.0 Å². The molecule has 1 aliphatic heterocycles. The lowest BCUT2D eigenvalue weighted by Gasteiger charge is -2.08. The number of carbonyl (C=O) groups excluding carboxylic acids is 2. The molecule has 3 aromatic carbocycles. The minimum Gasteiger partial charge on any atom is -0.353 e. The smallest absolute Gasteiger partial charge is 0.244 e. The van der Waals surface area contributed by atoms with E-state index in [-0.39, 0.29) is 17.7 Å². The predicted octanol–water partition coefficient (Wildman–Crippen LogP) is 4.79. The van der Waals surface area contributed by atoms with Crippen LogP contribution in [0.4, 0.5) is 5.69 Å². The fourth-order valence-electron chi connectivity index (χ4n) is 4.17. The maximum Gasteiger partial charge on any atom is 0.244 e. The van der Waals surface area contributed by atoms with E-state index >= 15 is 0 Å². The van der Waals surface area contributed by atoms with Crippen LogP contribution < -0.4 is 10.6 Å². The number of nitrogens with one attached hydrogen (secondary N) is 2. The SMILES string of the molecule is O=C(C=Cc1cn(-c2ccccc2)nc1-c1ccccc1)NCCC1C(=O)Nc2ccccc21. The van der Waals surface area contributed by atoms with Gasteiger partial charge in [-0.25, -0.2) is 4.68 Å². The molecule has 0 saturated carbocycles. The first-order valence-corrected chi connectivity index (χ1v) is 11.3. The zero-order valence-electron chi connectivity index (χ0n) is 18.5. The monoisotopic (exact) mass is 448 g/mol. The largest absolute Gasteiger partial charge is 0.353 e. The standard InChI is InChI=1S/C28H24N4O2/c33-26(29-18-17-24-23-13-7-8-14-25(23)30-28(24)34)16-15-21-19-32(22-11-5-2-6-12-22)31-27(21)20-9-3-1-4-10-20/h1-16,19,24H,17-18H2,(H,29,33)(H,30,34). The molecule has 0 radical (unpaired) electrons. The molecule has 168 valence electrons. The number of fused-ring (bicyclic) bond motifs is 1. The minimum absolute atomic E-state index is 0.0215. The van der Waals surface area contributed by atoms with Gasteiger partial charge in [0.25, 0.3) is 0 Å². The number of para-hydroxylation sites is 2. The van der Waals surface area contributed by atoms with Crippen molar-refractivity contribution in [2.45, 2.75) is 12.3 Å². The molecule has 4 aromatic rings. The molecule has 0 spiro atoms. The number of nitrogens with zero attached hydrogens (tertiary/aromatic N) is 2. The summed E-state index contributed by atoms with van der Waals surface area (Å²) in [6, 6.07) is 27.4. The fraction of sp³-hybridized carbons (Fsp3) is 0.107. The summed E-state index contributed by atoms with van der Waals surface area (Å²) in [5, 5.41) is 10.6. The molecule has 0 fully saturated rings. The van der Waals surface area contributed by atoms with Gasteiger partial charge < -0.3 is 10.6 Å². The van der Waals surface area contributed by atoms with Crippen LogP contribution >= 0.6 is 0 Å². The molecular formula is C28H24N4O2. The summed E-state index contributed by atoms with van der Waals surface area (Å²) in [5.74, 6) is -0.473. The highest BCUT2D eigenvalue weighted by Crippen LogP contribution is 2.33. The van der Waals surface area contributed by atoms with Crippen molar-refractivity contribution < 1.29 is 9.59 Å². The molecule has 1 atom stereocenters. The summed E-state index contributed by atoms with van der Waals surface area (Å²) in [7, 11) is 0. The van der Waals surface area contributed by atoms with Crippen LogP contribution in [0.3, 0.4) is 0 Å². The van der Waals surface area contributed by atoms with E-state index in [0.717, 1.165) is 33.8 Å². The van der Waals surface area contributed by atoms with Gasteiger partial charge in [0, 0.05) is 35.6 Å². The number of amides is 2. The van der Waals surface area contributed by atoms with E-state index in [2.05, 4.69) is 10.6 Å². The Bertz CT molecular complexity index is 1340. The van der Waals surface area contributed by atoms with Crippen LogP contribution in [-0.2, 0) is 9.59 Å². The molecular weight excluding hydrogens is 424 g/mol. The van der Waals surface area contributed by atoms with E-state index in [1.807, 2.05) is 95.8 Å². The Morgan fingerprint density at radius 1 is 0.971 bits per heavy atom. The molecule has 6 nitrogen and oxygen atoms in total. The van der Waals surface area contributed by atoms with Gasteiger partial charge in [-0.1, -0.05) is 66.7 Å². The second-order valence-electron chi connectivity index (χ2n) is 8.12. The Labute approximate surface area is 197 Å². The lowest BCUT2D eigenvalue weighted by atomic mass is 9.97. The number of hydrogen-bond donors (Lipinski definition) is 2. The van der Waals surface area contributed by atoms with Crippen molar-refractivity contribution in [1.82, 2.24) is 15.1 Å². The van der Waals surface area contributed by atoms with E-state index in [1.54, 1.807) is 6.08 Å². The molecule has 2 N–H and O–H groups in total. The number of aromatic nitrogens is 2. The van der Waals surface area contributed by atoms with Gasteiger partial charge in [0.1, 0.15) is 0 Å². The number of carbonyl (C=O) groups is 2. The molecule has 2 amide bonds. The zero-order valence-corrected chi connectivity index (χ0v) is 18.5. The average molecular weight is 449 g/mol. The van der Waals surface area contributed by atoms with E-state index < -0.39 is 0 Å². The quantitative estimate of drug-likeness (QED) is 0.399. The van der Waals surface area contributed by atoms with Gasteiger partial charge in [0.05, 0.1) is 17.3 Å². The molecule has 0 aliphatic carbocycles. The Kier molecular flexibility index (Phi) is 6.03. The van der Waals surface area contributed by atoms with Gasteiger partial charge in [0.15, 0.2) is 0 Å². The Hall–Kier alpha value is -4.45. The third kappa shape index (κ3) is 4.52. The van der Waals surface area contributed by atoms with Gasteiger partial charge in [-0.05, 0) is 36.3 Å². The second-order valence-corrected chi connectivity index (χ2v) is 8.12. The fourth-order valence-corrected chi connectivity index (χ4v) is 4.17. The number of anilines is 1. The normalized spacial score (nSPS) is 14.7. The molecule has 1 unspecified atom stereocenters. The lowest BCUT2D eigenvalue weighted by molar-refractivity contribution is -0.118. The van der Waals surface area contributed by atoms with Crippen LogP contribution in [0, 0.1) is 0 Å². The molecule has 2 heterocycles. The molecule has 1 aliphatic rings. The molecule has 5 rings (SSSR count). The molecule has 0 bridgehead atoms. The Balaban J connectivity index is 1.28. The van der Waals surface area contributed by atoms with Crippen molar-refractivity contribution in [2.75, 3.05) is 11.9 Å². The Morgan fingerprint density at radius 2 is 1.68 bits per heavy atom. The van der Waals surface area contributed by atoms with Gasteiger partial charge >= 0.3 is 0 Å². The van der Waals surface area contributed by atoms with Crippen LogP contribution in [0.2, 0.25) is 0 Å². The highest BCUT2D eigenvalue weighted by atomic mass is 16.2. The van der Waals surface area contributed by atoms with Crippen molar-refractivity contribution in [3.8, 4) is 16.9 Å². The van der Waals surface area contributed by atoms with Crippen LogP contribution in [0.25, 0.3) is 23.0 Å². The summed E-state index contributed by atoms with van der Waals surface area (Å²) in [5.41, 5.74) is 5.40. The molecule has 1 aromatic heterocycles. The van der Waals surface area contributed by atoms with Crippen molar-refractivity contribution in [3.05, 3.63) is 108 Å². The highest BCUT2D eigenvalue weighted by molar-refractivity contribution is 6.02. The van der Waals surface area contributed by atoms with Crippen LogP contribution in [-0.4, -0.2) is 28.1 Å². The summed E-state index contributed by atoms with van der Waals surface area (Å²) in [6.45, 7) is 0.407. The highest BCUT2D eigenvalue weighted by Gasteiger charge is 2.29. The Morgan fingerprint density at radius 3 is 2.47 bits per heavy atom. The van der Waals surface area contributed by atoms with Crippen LogP contribution in [0.1, 0.15) is 23.5 Å². The van der Waals surface area contributed by atoms with Crippen molar-refractivity contribution in [1.29, 1.82) is 0 Å². The zero-order chi connectivity index (χ0) is 23.3. The average Bonchev–Trinajstić information content (AvgIpc) is 3.45. The maximum atomic E-state index is 12.5. The first-order chi connectivity index (χ1) is 16.7. The minimum atomic E-state index is -0.241. The number of rotatable bonds is 7. The molecule has 0 saturated heterocycles. The third-order valence-electron chi connectivity index (χ3n) is 5.87. The van der Waals surface area contributed by atoms with Crippen LogP contribution in [0.15, 0.2) is 97.2 Å². The number of benzene rings is 3. The lowest BCUT2D eigenvalue weighted by Crippen LogP contribution is -2.25. The van der Waals surface area contributed by atoms with Crippen molar-refractivity contribution in [2.24, 2.45) is 0 Å². The topological polar surface area (TPSA) is 76.0 Å². The first kappa shape index (κ1) is 21.4. The van der Waals surface area contributed by atoms with Gasteiger partial charge in [-0.3, -0.25) is 9.59 Å². The maximum absolute atomic E-state index is 12.5. The molecule has 34 heavy (non-hydrogen) atoms. The van der Waals surface area contributed by atoms with E-state index in [4.69, 9.17) is 5.10 Å². The van der Waals surface area contributed by atoms with Gasteiger partial charge in [-0.2, -0.15) is 5.10 Å². The summed E-state index contributed by atoms with van der Waals surface area (Å²) < 4.78 is 1.82. The van der Waals surface area contributed by atoms with E-state index in [1.165, 1.54) is 6.08 Å². The van der Waals surface area contributed by atoms with Gasteiger partial charge in [0.2, 0.25) is 11.8 Å². The predicted molar refractivity (Wildman–Crippen MR) is 133 cm³/mol. The van der Waals surface area contributed by atoms with Gasteiger partial charge in [-0.15, -0.1) is 0 Å². The van der Waals surface area contributed by atoms with Crippen LogP contribution in [0.5, 0.6) is 0 Å². The second kappa shape index (κ2) is 9.58. The van der Waals surface area contributed by atoms with Crippen molar-refractivity contribution >= 4 is 23.6 Å². The number of hydrogen-bond acceptors (Lipinski definition) is 3. The summed E-state index contributed by atoms with van der Waals surface area (Å²) >= 11 is 0. The van der Waals surface area contributed by atoms with Crippen molar-refractivity contribution in [3.63, 3.8) is 0 Å². The summed E-state index contributed by atoms with van der Waals surface area (Å²) in [4.78, 5) is 24.8. The first-order valence-electron chi connectivity index (χ1n) is 11.3.